The zero-order valence-electron chi connectivity index (χ0n) is 32.0. The van der Waals surface area contributed by atoms with Crippen molar-refractivity contribution in [2.24, 2.45) is 0 Å². The lowest BCUT2D eigenvalue weighted by Crippen LogP contribution is -2.01. The lowest BCUT2D eigenvalue weighted by Gasteiger charge is -2.14. The van der Waals surface area contributed by atoms with Crippen LogP contribution >= 0.6 is 0 Å². The molecule has 0 radical (unpaired) electrons. The highest BCUT2D eigenvalue weighted by molar-refractivity contribution is 6.16. The highest BCUT2D eigenvalue weighted by Gasteiger charge is 2.21. The van der Waals surface area contributed by atoms with E-state index in [1.165, 1.54) is 0 Å². The monoisotopic (exact) mass is 753 g/mol. The number of benzene rings is 9. The zero-order chi connectivity index (χ0) is 39.1. The number of aromatic nitrogens is 3. The first-order chi connectivity index (χ1) is 29.2. The molecule has 59 heavy (non-hydrogen) atoms. The second-order valence-electron chi connectivity index (χ2n) is 14.8. The van der Waals surface area contributed by atoms with E-state index < -0.39 is 0 Å². The molecular weight excluding hydrogens is 719 g/mol. The zero-order valence-corrected chi connectivity index (χ0v) is 32.0. The van der Waals surface area contributed by atoms with Crippen LogP contribution in [0.3, 0.4) is 0 Å². The Morgan fingerprint density at radius 2 is 0.695 bits per heavy atom. The first-order valence-electron chi connectivity index (χ1n) is 19.8. The molecule has 0 saturated heterocycles. The van der Waals surface area contributed by atoms with E-state index in [-0.39, 0.29) is 0 Å². The van der Waals surface area contributed by atoms with E-state index in [0.717, 1.165) is 93.9 Å². The number of nitrogens with zero attached hydrogens (tertiary/aromatic N) is 3. The maximum Gasteiger partial charge on any atom is 0.164 e. The fourth-order valence-electron chi connectivity index (χ4n) is 8.17. The normalized spacial score (nSPS) is 11.4. The van der Waals surface area contributed by atoms with Gasteiger partial charge < -0.3 is 4.42 Å². The molecule has 4 heteroatoms. The van der Waals surface area contributed by atoms with Crippen molar-refractivity contribution in [3.05, 3.63) is 212 Å². The average Bonchev–Trinajstić information content (AvgIpc) is 3.68. The maximum atomic E-state index is 6.80. The van der Waals surface area contributed by atoms with Gasteiger partial charge in [-0.05, 0) is 79.5 Å². The minimum absolute atomic E-state index is 0.573. The van der Waals surface area contributed by atoms with Crippen LogP contribution in [0.2, 0.25) is 0 Å². The van der Waals surface area contributed by atoms with Crippen LogP contribution in [0.1, 0.15) is 0 Å². The molecule has 0 N–H and O–H groups in total. The molecular formula is C55H35N3O. The minimum Gasteiger partial charge on any atom is -0.456 e. The molecule has 0 unspecified atom stereocenters. The first kappa shape index (κ1) is 34.3. The lowest BCUT2D eigenvalue weighted by atomic mass is 9.92. The van der Waals surface area contributed by atoms with Gasteiger partial charge in [-0.1, -0.05) is 188 Å². The summed E-state index contributed by atoms with van der Waals surface area (Å²) in [4.78, 5) is 15.8. The highest BCUT2D eigenvalue weighted by atomic mass is 16.3. The van der Waals surface area contributed by atoms with Gasteiger partial charge in [0.15, 0.2) is 17.5 Å². The van der Waals surface area contributed by atoms with Gasteiger partial charge in [0.2, 0.25) is 0 Å². The van der Waals surface area contributed by atoms with E-state index in [1.807, 2.05) is 12.1 Å². The van der Waals surface area contributed by atoms with Gasteiger partial charge in [0, 0.05) is 27.5 Å². The van der Waals surface area contributed by atoms with Crippen LogP contribution in [0, 0.1) is 0 Å². The summed E-state index contributed by atoms with van der Waals surface area (Å²) >= 11 is 0. The summed E-state index contributed by atoms with van der Waals surface area (Å²) < 4.78 is 6.80. The van der Waals surface area contributed by atoms with Crippen molar-refractivity contribution in [1.29, 1.82) is 0 Å². The van der Waals surface area contributed by atoms with Gasteiger partial charge in [-0.25, -0.2) is 15.0 Å². The molecule has 0 amide bonds. The summed E-state index contributed by atoms with van der Waals surface area (Å²) in [7, 11) is 0. The SMILES string of the molecule is c1ccc(-c2ccc(-c3nc(-c4ccc(-c5ccccc5)cc4)nc(-c4cc(-c5ccccc5-c5ccccc5)cc5oc6cc7ccccc7cc6c45)n3)cc2)cc1. The third-order valence-corrected chi connectivity index (χ3v) is 11.1. The van der Waals surface area contributed by atoms with E-state index in [4.69, 9.17) is 19.4 Å². The Bertz CT molecular complexity index is 3180. The lowest BCUT2D eigenvalue weighted by molar-refractivity contribution is 0.669. The Labute approximate surface area is 341 Å². The predicted molar refractivity (Wildman–Crippen MR) is 243 cm³/mol. The molecule has 2 heterocycles. The average molecular weight is 754 g/mol. The maximum absolute atomic E-state index is 6.80. The number of furan rings is 1. The van der Waals surface area contributed by atoms with Crippen LogP contribution in [-0.2, 0) is 0 Å². The molecule has 0 aliphatic rings. The first-order valence-corrected chi connectivity index (χ1v) is 19.8. The van der Waals surface area contributed by atoms with Crippen molar-refractivity contribution in [2.45, 2.75) is 0 Å². The molecule has 11 rings (SSSR count). The molecule has 0 atom stereocenters. The molecule has 9 aromatic carbocycles. The smallest absolute Gasteiger partial charge is 0.164 e. The van der Waals surface area contributed by atoms with Crippen LogP contribution in [-0.4, -0.2) is 15.0 Å². The summed E-state index contributed by atoms with van der Waals surface area (Å²) in [5, 5.41) is 4.24. The summed E-state index contributed by atoms with van der Waals surface area (Å²) in [6.45, 7) is 0. The molecule has 11 aromatic rings. The Kier molecular flexibility index (Phi) is 8.45. The van der Waals surface area contributed by atoms with Crippen molar-refractivity contribution >= 4 is 32.7 Å². The molecule has 0 bridgehead atoms. The molecule has 0 fully saturated rings. The second-order valence-corrected chi connectivity index (χ2v) is 14.8. The van der Waals surface area contributed by atoms with Gasteiger partial charge in [0.1, 0.15) is 11.2 Å². The molecule has 0 aliphatic carbocycles. The molecule has 2 aromatic heterocycles. The van der Waals surface area contributed by atoms with Crippen molar-refractivity contribution in [3.8, 4) is 78.7 Å². The van der Waals surface area contributed by atoms with Gasteiger partial charge >= 0.3 is 0 Å². The van der Waals surface area contributed by atoms with Gasteiger partial charge in [0.25, 0.3) is 0 Å². The second kappa shape index (κ2) is 14.5. The van der Waals surface area contributed by atoms with Gasteiger partial charge in [-0.2, -0.15) is 0 Å². The number of rotatable bonds is 7. The van der Waals surface area contributed by atoms with Crippen LogP contribution in [0.15, 0.2) is 217 Å². The standard InChI is InChI=1S/C55H35N3O/c1-4-14-36(15-5-1)38-24-28-41(29-25-38)53-56-54(42-30-26-39(27-31-42)37-16-6-2-7-17-37)58-55(57-53)49-33-45(47-23-13-12-22-46(47)40-18-8-3-9-19-40)35-51-52(49)48-32-43-20-10-11-21-44(43)34-50(48)59-51/h1-35H. The molecule has 0 spiro atoms. The minimum atomic E-state index is 0.573. The van der Waals surface area contributed by atoms with E-state index in [0.29, 0.717) is 17.5 Å². The fourth-order valence-corrected chi connectivity index (χ4v) is 8.17. The van der Waals surface area contributed by atoms with E-state index in [2.05, 4.69) is 200 Å². The Morgan fingerprint density at radius 3 is 1.25 bits per heavy atom. The summed E-state index contributed by atoms with van der Waals surface area (Å²) in [5.41, 5.74) is 13.2. The summed E-state index contributed by atoms with van der Waals surface area (Å²) in [6.07, 6.45) is 0. The van der Waals surface area contributed by atoms with Crippen molar-refractivity contribution < 1.29 is 4.42 Å². The summed E-state index contributed by atoms with van der Waals surface area (Å²) in [5.74, 6) is 1.76. The van der Waals surface area contributed by atoms with Crippen molar-refractivity contribution in [3.63, 3.8) is 0 Å². The Morgan fingerprint density at radius 1 is 0.271 bits per heavy atom. The van der Waals surface area contributed by atoms with Crippen molar-refractivity contribution in [2.75, 3.05) is 0 Å². The largest absolute Gasteiger partial charge is 0.456 e. The molecule has 4 nitrogen and oxygen atoms in total. The van der Waals surface area contributed by atoms with Gasteiger partial charge in [-0.3, -0.25) is 0 Å². The summed E-state index contributed by atoms with van der Waals surface area (Å²) in [6, 6.07) is 74.0. The van der Waals surface area contributed by atoms with Gasteiger partial charge in [-0.15, -0.1) is 0 Å². The molecule has 0 aliphatic heterocycles. The Balaban J connectivity index is 1.16. The van der Waals surface area contributed by atoms with E-state index >= 15 is 0 Å². The third-order valence-electron chi connectivity index (χ3n) is 11.1. The van der Waals surface area contributed by atoms with Crippen LogP contribution in [0.25, 0.3) is 111 Å². The topological polar surface area (TPSA) is 51.8 Å². The third kappa shape index (κ3) is 6.43. The van der Waals surface area contributed by atoms with E-state index in [1.54, 1.807) is 0 Å². The number of hydrogen-bond acceptors (Lipinski definition) is 4. The molecule has 276 valence electrons. The van der Waals surface area contributed by atoms with Crippen LogP contribution < -0.4 is 0 Å². The fraction of sp³-hybridized carbons (Fsp3) is 0. The predicted octanol–water partition coefficient (Wildman–Crippen LogP) is 14.6. The van der Waals surface area contributed by atoms with E-state index in [9.17, 15) is 0 Å². The van der Waals surface area contributed by atoms with Crippen molar-refractivity contribution in [1.82, 2.24) is 15.0 Å². The van der Waals surface area contributed by atoms with Gasteiger partial charge in [0.05, 0.1) is 0 Å². The van der Waals surface area contributed by atoms with Crippen LogP contribution in [0.5, 0.6) is 0 Å². The number of fused-ring (bicyclic) bond motifs is 4. The quantitative estimate of drug-likeness (QED) is 0.163. The number of hydrogen-bond donors (Lipinski definition) is 0. The Hall–Kier alpha value is -7.95. The van der Waals surface area contributed by atoms with Crippen LogP contribution in [0.4, 0.5) is 0 Å². The molecule has 0 saturated carbocycles. The highest BCUT2D eigenvalue weighted by Crippen LogP contribution is 2.43.